The molecule has 2 rings (SSSR count). The summed E-state index contributed by atoms with van der Waals surface area (Å²) in [6, 6.07) is 6.84. The molecule has 0 saturated heterocycles. The predicted octanol–water partition coefficient (Wildman–Crippen LogP) is 2.82. The number of ether oxygens (including phenoxy) is 1. The highest BCUT2D eigenvalue weighted by molar-refractivity contribution is 5.43. The number of benzene rings is 1. The molecule has 1 aromatic rings. The standard InChI is InChI=1S/C16H25NO2/c1-2-10-17-15-8-3-7-14-13(15)6-4-9-16(14)19-12-5-11-18/h4,6,9,15,17-18H,2-3,5,7-8,10-12H2,1H3. The summed E-state index contributed by atoms with van der Waals surface area (Å²) in [6.07, 6.45) is 5.40. The van der Waals surface area contributed by atoms with Crippen LogP contribution < -0.4 is 10.1 Å². The van der Waals surface area contributed by atoms with Crippen LogP contribution in [0.2, 0.25) is 0 Å². The number of hydrogen-bond acceptors (Lipinski definition) is 3. The van der Waals surface area contributed by atoms with E-state index in [1.807, 2.05) is 0 Å². The largest absolute Gasteiger partial charge is 0.493 e. The number of aliphatic hydroxyl groups excluding tert-OH is 1. The van der Waals surface area contributed by atoms with E-state index in [4.69, 9.17) is 9.84 Å². The number of fused-ring (bicyclic) bond motifs is 1. The molecular weight excluding hydrogens is 238 g/mol. The van der Waals surface area contributed by atoms with Gasteiger partial charge in [-0.25, -0.2) is 0 Å². The molecular formula is C16H25NO2. The van der Waals surface area contributed by atoms with Gasteiger partial charge in [-0.05, 0) is 49.4 Å². The summed E-state index contributed by atoms with van der Waals surface area (Å²) in [5, 5.41) is 12.5. The van der Waals surface area contributed by atoms with Crippen LogP contribution in [0, 0.1) is 0 Å². The van der Waals surface area contributed by atoms with Crippen molar-refractivity contribution in [1.82, 2.24) is 5.32 Å². The molecule has 1 aromatic carbocycles. The number of hydrogen-bond donors (Lipinski definition) is 2. The fraction of sp³-hybridized carbons (Fsp3) is 0.625. The van der Waals surface area contributed by atoms with Crippen LogP contribution >= 0.6 is 0 Å². The molecule has 0 aliphatic heterocycles. The molecule has 3 heteroatoms. The van der Waals surface area contributed by atoms with Crippen molar-refractivity contribution in [3.63, 3.8) is 0 Å². The van der Waals surface area contributed by atoms with Crippen LogP contribution in [0.5, 0.6) is 5.75 Å². The molecule has 1 aliphatic carbocycles. The van der Waals surface area contributed by atoms with Gasteiger partial charge in [0.1, 0.15) is 5.75 Å². The van der Waals surface area contributed by atoms with Crippen molar-refractivity contribution in [2.45, 2.75) is 45.1 Å². The van der Waals surface area contributed by atoms with E-state index in [9.17, 15) is 0 Å². The molecule has 0 fully saturated rings. The molecule has 3 nitrogen and oxygen atoms in total. The van der Waals surface area contributed by atoms with Gasteiger partial charge in [0.15, 0.2) is 0 Å². The van der Waals surface area contributed by atoms with Crippen LogP contribution in [-0.2, 0) is 6.42 Å². The van der Waals surface area contributed by atoms with E-state index in [0.717, 1.165) is 18.7 Å². The van der Waals surface area contributed by atoms with Crippen molar-refractivity contribution in [3.8, 4) is 5.75 Å². The predicted molar refractivity (Wildman–Crippen MR) is 77.6 cm³/mol. The van der Waals surface area contributed by atoms with E-state index in [1.54, 1.807) is 0 Å². The third kappa shape index (κ3) is 3.71. The Hall–Kier alpha value is -1.06. The maximum Gasteiger partial charge on any atom is 0.122 e. The summed E-state index contributed by atoms with van der Waals surface area (Å²) in [7, 11) is 0. The molecule has 1 unspecified atom stereocenters. The normalized spacial score (nSPS) is 18.1. The second-order valence-electron chi connectivity index (χ2n) is 5.15. The first-order chi connectivity index (χ1) is 9.36. The summed E-state index contributed by atoms with van der Waals surface area (Å²) < 4.78 is 5.81. The van der Waals surface area contributed by atoms with E-state index >= 15 is 0 Å². The second-order valence-corrected chi connectivity index (χ2v) is 5.15. The van der Waals surface area contributed by atoms with E-state index in [-0.39, 0.29) is 6.61 Å². The molecule has 1 atom stereocenters. The SMILES string of the molecule is CCCNC1CCCc2c(OCCCO)cccc21. The van der Waals surface area contributed by atoms with Crippen LogP contribution in [0.4, 0.5) is 0 Å². The maximum atomic E-state index is 8.83. The number of rotatable bonds is 7. The van der Waals surface area contributed by atoms with Crippen molar-refractivity contribution in [3.05, 3.63) is 29.3 Å². The van der Waals surface area contributed by atoms with E-state index in [1.165, 1.54) is 30.4 Å². The van der Waals surface area contributed by atoms with Crippen LogP contribution in [0.3, 0.4) is 0 Å². The minimum Gasteiger partial charge on any atom is -0.493 e. The Balaban J connectivity index is 2.11. The van der Waals surface area contributed by atoms with Crippen molar-refractivity contribution >= 4 is 0 Å². The second kappa shape index (κ2) is 7.51. The van der Waals surface area contributed by atoms with Crippen LogP contribution in [0.25, 0.3) is 0 Å². The van der Waals surface area contributed by atoms with Crippen molar-refractivity contribution in [2.75, 3.05) is 19.8 Å². The molecule has 2 N–H and O–H groups in total. The maximum absolute atomic E-state index is 8.83. The summed E-state index contributed by atoms with van der Waals surface area (Å²) in [4.78, 5) is 0. The van der Waals surface area contributed by atoms with Crippen molar-refractivity contribution in [2.24, 2.45) is 0 Å². The fourth-order valence-corrected chi connectivity index (χ4v) is 2.73. The first-order valence-electron chi connectivity index (χ1n) is 7.45. The van der Waals surface area contributed by atoms with Gasteiger partial charge < -0.3 is 15.2 Å². The molecule has 0 spiro atoms. The highest BCUT2D eigenvalue weighted by Gasteiger charge is 2.22. The van der Waals surface area contributed by atoms with Gasteiger partial charge in [0.2, 0.25) is 0 Å². The first-order valence-corrected chi connectivity index (χ1v) is 7.45. The highest BCUT2D eigenvalue weighted by atomic mass is 16.5. The third-order valence-corrected chi connectivity index (χ3v) is 3.67. The molecule has 106 valence electrons. The van der Waals surface area contributed by atoms with Gasteiger partial charge in [-0.2, -0.15) is 0 Å². The quantitative estimate of drug-likeness (QED) is 0.743. The average Bonchev–Trinajstić information content (AvgIpc) is 2.45. The zero-order chi connectivity index (χ0) is 13.5. The Kier molecular flexibility index (Phi) is 5.67. The average molecular weight is 263 g/mol. The smallest absolute Gasteiger partial charge is 0.122 e. The van der Waals surface area contributed by atoms with Crippen molar-refractivity contribution < 1.29 is 9.84 Å². The van der Waals surface area contributed by atoms with Crippen molar-refractivity contribution in [1.29, 1.82) is 0 Å². The topological polar surface area (TPSA) is 41.5 Å². The highest BCUT2D eigenvalue weighted by Crippen LogP contribution is 2.35. The van der Waals surface area contributed by atoms with E-state index in [2.05, 4.69) is 30.4 Å². The summed E-state index contributed by atoms with van der Waals surface area (Å²) in [5.41, 5.74) is 2.77. The van der Waals surface area contributed by atoms with Gasteiger partial charge in [0, 0.05) is 19.1 Å². The Morgan fingerprint density at radius 2 is 2.32 bits per heavy atom. The van der Waals surface area contributed by atoms with E-state index in [0.29, 0.717) is 19.1 Å². The summed E-state index contributed by atoms with van der Waals surface area (Å²) in [6.45, 7) is 4.06. The fourth-order valence-electron chi connectivity index (χ4n) is 2.73. The molecule has 0 radical (unpaired) electrons. The van der Waals surface area contributed by atoms with Gasteiger partial charge in [-0.1, -0.05) is 19.1 Å². The summed E-state index contributed by atoms with van der Waals surface area (Å²) >= 11 is 0. The van der Waals surface area contributed by atoms with Crippen LogP contribution in [0.1, 0.15) is 49.8 Å². The molecule has 1 aliphatic rings. The molecule has 0 aromatic heterocycles. The molecule has 0 amide bonds. The molecule has 0 heterocycles. The van der Waals surface area contributed by atoms with Crippen LogP contribution in [0.15, 0.2) is 18.2 Å². The van der Waals surface area contributed by atoms with Gasteiger partial charge in [0.05, 0.1) is 6.61 Å². The first kappa shape index (κ1) is 14.4. The van der Waals surface area contributed by atoms with Crippen LogP contribution in [-0.4, -0.2) is 24.9 Å². The molecule has 0 bridgehead atoms. The zero-order valence-corrected chi connectivity index (χ0v) is 11.8. The Morgan fingerprint density at radius 3 is 3.11 bits per heavy atom. The van der Waals surface area contributed by atoms with Gasteiger partial charge >= 0.3 is 0 Å². The Bertz CT molecular complexity index is 392. The van der Waals surface area contributed by atoms with Gasteiger partial charge in [0.25, 0.3) is 0 Å². The molecule has 19 heavy (non-hydrogen) atoms. The number of nitrogens with one attached hydrogen (secondary N) is 1. The lowest BCUT2D eigenvalue weighted by atomic mass is 9.87. The lowest BCUT2D eigenvalue weighted by molar-refractivity contribution is 0.232. The summed E-state index contributed by atoms with van der Waals surface area (Å²) in [5.74, 6) is 1.01. The lowest BCUT2D eigenvalue weighted by Crippen LogP contribution is -2.26. The monoisotopic (exact) mass is 263 g/mol. The minimum absolute atomic E-state index is 0.190. The molecule has 0 saturated carbocycles. The Morgan fingerprint density at radius 1 is 1.42 bits per heavy atom. The minimum atomic E-state index is 0.190. The lowest BCUT2D eigenvalue weighted by Gasteiger charge is -2.28. The number of aliphatic hydroxyl groups is 1. The third-order valence-electron chi connectivity index (χ3n) is 3.67. The van der Waals surface area contributed by atoms with E-state index < -0.39 is 0 Å². The van der Waals surface area contributed by atoms with Gasteiger partial charge in [-0.3, -0.25) is 0 Å². The van der Waals surface area contributed by atoms with Gasteiger partial charge in [-0.15, -0.1) is 0 Å². The Labute approximate surface area is 116 Å². The zero-order valence-electron chi connectivity index (χ0n) is 11.8.